The molecule has 0 spiro atoms. The number of hydrogen-bond donors (Lipinski definition) is 2. The minimum absolute atomic E-state index is 0.126. The molecule has 10 heteroatoms. The van der Waals surface area contributed by atoms with Gasteiger partial charge in [0, 0.05) is 6.54 Å². The van der Waals surface area contributed by atoms with E-state index < -0.39 is 27.7 Å². The molecule has 0 aliphatic heterocycles. The van der Waals surface area contributed by atoms with Gasteiger partial charge in [0.15, 0.2) is 0 Å². The van der Waals surface area contributed by atoms with Crippen molar-refractivity contribution in [2.75, 3.05) is 6.54 Å². The van der Waals surface area contributed by atoms with Crippen molar-refractivity contribution in [2.45, 2.75) is 29.7 Å². The van der Waals surface area contributed by atoms with Crippen LogP contribution in [0, 0.1) is 5.92 Å². The van der Waals surface area contributed by atoms with Crippen LogP contribution < -0.4 is 9.46 Å². The van der Waals surface area contributed by atoms with Gasteiger partial charge < -0.3 is 14.3 Å². The summed E-state index contributed by atoms with van der Waals surface area (Å²) in [5.41, 5.74) is -1.48. The summed E-state index contributed by atoms with van der Waals surface area (Å²) in [6.07, 6.45) is -2.00. The van der Waals surface area contributed by atoms with Crippen molar-refractivity contribution in [1.82, 2.24) is 4.72 Å². The Kier molecular flexibility index (Phi) is 4.76. The lowest BCUT2D eigenvalue weighted by molar-refractivity contribution is -0.274. The van der Waals surface area contributed by atoms with Crippen LogP contribution in [0.25, 0.3) is 0 Å². The molecule has 6 nitrogen and oxygen atoms in total. The number of ether oxygens (including phenoxy) is 1. The molecular formula is C16H16F3NO5S. The Morgan fingerprint density at radius 3 is 2.35 bits per heavy atom. The number of nitrogens with one attached hydrogen (secondary N) is 1. The highest BCUT2D eigenvalue weighted by atomic mass is 32.2. The molecule has 1 aromatic carbocycles. The summed E-state index contributed by atoms with van der Waals surface area (Å²) in [6, 6.07) is 6.95. The maximum atomic E-state index is 12.4. The molecule has 1 aromatic heterocycles. The molecule has 0 amide bonds. The van der Waals surface area contributed by atoms with Gasteiger partial charge >= 0.3 is 6.36 Å². The maximum Gasteiger partial charge on any atom is 0.573 e. The van der Waals surface area contributed by atoms with Crippen LogP contribution in [0.4, 0.5) is 13.2 Å². The molecule has 1 aliphatic carbocycles. The van der Waals surface area contributed by atoms with Gasteiger partial charge in [0.25, 0.3) is 0 Å². The second-order valence-corrected chi connectivity index (χ2v) is 7.79. The molecule has 3 rings (SSSR count). The Bertz CT molecular complexity index is 845. The van der Waals surface area contributed by atoms with E-state index in [1.807, 2.05) is 0 Å². The van der Waals surface area contributed by atoms with E-state index >= 15 is 0 Å². The summed E-state index contributed by atoms with van der Waals surface area (Å²) in [5.74, 6) is -0.392. The van der Waals surface area contributed by atoms with Gasteiger partial charge in [0.05, 0.1) is 11.2 Å². The fourth-order valence-electron chi connectivity index (χ4n) is 2.63. The van der Waals surface area contributed by atoms with Crippen molar-refractivity contribution in [3.8, 4) is 5.75 Å². The lowest BCUT2D eigenvalue weighted by Gasteiger charge is -2.26. The molecule has 1 saturated carbocycles. The third-order valence-corrected chi connectivity index (χ3v) is 5.52. The molecule has 0 saturated heterocycles. The molecule has 142 valence electrons. The Labute approximate surface area is 147 Å². The zero-order valence-electron chi connectivity index (χ0n) is 13.4. The highest BCUT2D eigenvalue weighted by Crippen LogP contribution is 2.45. The second-order valence-electron chi connectivity index (χ2n) is 6.02. The fraction of sp³-hybridized carbons (Fsp3) is 0.375. The minimum Gasteiger partial charge on any atom is -0.466 e. The van der Waals surface area contributed by atoms with Gasteiger partial charge in [-0.3, -0.25) is 0 Å². The molecule has 0 radical (unpaired) electrons. The average molecular weight is 391 g/mol. The van der Waals surface area contributed by atoms with E-state index in [0.29, 0.717) is 0 Å². The van der Waals surface area contributed by atoms with Crippen LogP contribution in [0.5, 0.6) is 5.75 Å². The summed E-state index contributed by atoms with van der Waals surface area (Å²) in [7, 11) is -4.04. The fourth-order valence-corrected chi connectivity index (χ4v) is 3.70. The van der Waals surface area contributed by atoms with E-state index in [1.54, 1.807) is 12.1 Å². The summed E-state index contributed by atoms with van der Waals surface area (Å²) >= 11 is 0. The summed E-state index contributed by atoms with van der Waals surface area (Å²) in [5, 5.41) is 10.8. The number of hydrogen-bond acceptors (Lipinski definition) is 5. The Morgan fingerprint density at radius 1 is 1.19 bits per heavy atom. The SMILES string of the molecule is O=S(=O)(NCC(O)(c1ccco1)C1CC1)c1ccc(OC(F)(F)F)cc1. The molecule has 26 heavy (non-hydrogen) atoms. The van der Waals surface area contributed by atoms with Gasteiger partial charge in [-0.15, -0.1) is 13.2 Å². The van der Waals surface area contributed by atoms with Gasteiger partial charge in [-0.1, -0.05) is 0 Å². The van der Waals surface area contributed by atoms with E-state index in [0.717, 1.165) is 37.1 Å². The highest BCUT2D eigenvalue weighted by Gasteiger charge is 2.47. The van der Waals surface area contributed by atoms with Crippen molar-refractivity contribution < 1.29 is 35.8 Å². The van der Waals surface area contributed by atoms with Gasteiger partial charge in [-0.05, 0) is 55.2 Å². The van der Waals surface area contributed by atoms with Crippen LogP contribution in [0.1, 0.15) is 18.6 Å². The molecule has 1 aliphatic rings. The monoisotopic (exact) mass is 391 g/mol. The van der Waals surface area contributed by atoms with Crippen LogP contribution in [-0.4, -0.2) is 26.4 Å². The molecular weight excluding hydrogens is 375 g/mol. The van der Waals surface area contributed by atoms with Crippen molar-refractivity contribution in [1.29, 1.82) is 0 Å². The van der Waals surface area contributed by atoms with E-state index in [9.17, 15) is 26.7 Å². The molecule has 1 fully saturated rings. The first-order chi connectivity index (χ1) is 12.1. The van der Waals surface area contributed by atoms with Crippen LogP contribution in [0.3, 0.4) is 0 Å². The van der Waals surface area contributed by atoms with Crippen molar-refractivity contribution in [3.05, 3.63) is 48.4 Å². The van der Waals surface area contributed by atoms with Crippen LogP contribution in [0.15, 0.2) is 52.0 Å². The van der Waals surface area contributed by atoms with E-state index in [2.05, 4.69) is 9.46 Å². The number of benzene rings is 1. The van der Waals surface area contributed by atoms with E-state index in [-0.39, 0.29) is 23.1 Å². The Morgan fingerprint density at radius 2 is 1.85 bits per heavy atom. The highest BCUT2D eigenvalue weighted by molar-refractivity contribution is 7.89. The first-order valence-electron chi connectivity index (χ1n) is 7.72. The molecule has 1 atom stereocenters. The topological polar surface area (TPSA) is 88.8 Å². The number of aliphatic hydroxyl groups is 1. The normalized spacial score (nSPS) is 17.7. The Balaban J connectivity index is 1.72. The zero-order chi connectivity index (χ0) is 19.0. The van der Waals surface area contributed by atoms with Gasteiger partial charge in [-0.2, -0.15) is 0 Å². The smallest absolute Gasteiger partial charge is 0.466 e. The molecule has 1 unspecified atom stereocenters. The number of alkyl halides is 3. The van der Waals surface area contributed by atoms with Gasteiger partial charge in [0.2, 0.25) is 10.0 Å². The lowest BCUT2D eigenvalue weighted by atomic mass is 9.95. The quantitative estimate of drug-likeness (QED) is 0.758. The summed E-state index contributed by atoms with van der Waals surface area (Å²) in [6.45, 7) is -0.311. The molecule has 0 bridgehead atoms. The zero-order valence-corrected chi connectivity index (χ0v) is 14.2. The van der Waals surface area contributed by atoms with Crippen LogP contribution >= 0.6 is 0 Å². The van der Waals surface area contributed by atoms with Gasteiger partial charge in [0.1, 0.15) is 17.1 Å². The van der Waals surface area contributed by atoms with Gasteiger partial charge in [-0.25, -0.2) is 13.1 Å². The van der Waals surface area contributed by atoms with Crippen LogP contribution in [-0.2, 0) is 15.6 Å². The van der Waals surface area contributed by atoms with Crippen molar-refractivity contribution >= 4 is 10.0 Å². The second kappa shape index (κ2) is 6.60. The minimum atomic E-state index is -4.86. The number of furan rings is 1. The predicted octanol–water partition coefficient (Wildman–Crippen LogP) is 2.75. The third kappa shape index (κ3) is 4.19. The third-order valence-electron chi connectivity index (χ3n) is 4.10. The predicted molar refractivity (Wildman–Crippen MR) is 83.6 cm³/mol. The van der Waals surface area contributed by atoms with Crippen molar-refractivity contribution in [2.24, 2.45) is 5.92 Å². The van der Waals surface area contributed by atoms with Crippen molar-refractivity contribution in [3.63, 3.8) is 0 Å². The summed E-state index contributed by atoms with van der Waals surface area (Å²) in [4.78, 5) is -0.246. The largest absolute Gasteiger partial charge is 0.573 e. The van der Waals surface area contributed by atoms with Crippen LogP contribution in [0.2, 0.25) is 0 Å². The number of sulfonamides is 1. The molecule has 2 N–H and O–H groups in total. The first kappa shape index (κ1) is 18.7. The number of rotatable bonds is 7. The van der Waals surface area contributed by atoms with E-state index in [1.165, 1.54) is 6.26 Å². The number of halogens is 3. The molecule has 1 heterocycles. The average Bonchev–Trinajstić information content (AvgIpc) is 3.27. The standard InChI is InChI=1S/C16H16F3NO5S/c17-16(18,19)25-12-5-7-13(8-6-12)26(22,23)20-10-15(21,11-3-4-11)14-2-1-9-24-14/h1-2,5-9,11,20-21H,3-4,10H2. The lowest BCUT2D eigenvalue weighted by Crippen LogP contribution is -2.42. The first-order valence-corrected chi connectivity index (χ1v) is 9.20. The Hall–Kier alpha value is -2.04. The maximum absolute atomic E-state index is 12.4. The molecule has 2 aromatic rings. The summed E-state index contributed by atoms with van der Waals surface area (Å²) < 4.78 is 72.4. The van der Waals surface area contributed by atoms with E-state index in [4.69, 9.17) is 4.42 Å².